The van der Waals surface area contributed by atoms with Gasteiger partial charge in [-0.25, -0.2) is 19.3 Å². The van der Waals surface area contributed by atoms with Crippen LogP contribution in [0, 0.1) is 11.7 Å². The molecule has 138 valence electrons. The molecule has 8 heteroatoms. The zero-order chi connectivity index (χ0) is 19.0. The molecule has 0 unspecified atom stereocenters. The largest absolute Gasteiger partial charge is 0.382 e. The molecule has 4 rings (SSSR count). The summed E-state index contributed by atoms with van der Waals surface area (Å²) < 4.78 is 14.2. The Morgan fingerprint density at radius 2 is 2.11 bits per heavy atom. The van der Waals surface area contributed by atoms with E-state index in [0.717, 1.165) is 5.56 Å². The molecule has 1 fully saturated rings. The van der Waals surface area contributed by atoms with Gasteiger partial charge in [0.1, 0.15) is 17.7 Å². The van der Waals surface area contributed by atoms with Crippen molar-refractivity contribution >= 4 is 22.8 Å². The zero-order valence-corrected chi connectivity index (χ0v) is 14.8. The maximum atomic E-state index is 14.2. The van der Waals surface area contributed by atoms with Crippen LogP contribution >= 0.6 is 0 Å². The van der Waals surface area contributed by atoms with Crippen molar-refractivity contribution in [2.24, 2.45) is 5.92 Å². The van der Waals surface area contributed by atoms with Crippen LogP contribution in [0.3, 0.4) is 0 Å². The molecule has 0 spiro atoms. The van der Waals surface area contributed by atoms with Crippen LogP contribution in [0.1, 0.15) is 5.56 Å². The first-order valence-electron chi connectivity index (χ1n) is 8.64. The Bertz CT molecular complexity index is 1020. The highest BCUT2D eigenvalue weighted by Crippen LogP contribution is 2.26. The molecule has 0 aliphatic carbocycles. The van der Waals surface area contributed by atoms with Crippen LogP contribution in [0.15, 0.2) is 36.7 Å². The van der Waals surface area contributed by atoms with E-state index in [2.05, 4.69) is 25.2 Å². The number of nitrogen functional groups attached to an aromatic ring is 1. The lowest BCUT2D eigenvalue weighted by molar-refractivity contribution is -0.129. The molecule has 2 aromatic heterocycles. The van der Waals surface area contributed by atoms with Gasteiger partial charge in [-0.05, 0) is 35.9 Å². The van der Waals surface area contributed by atoms with Gasteiger partial charge in [-0.2, -0.15) is 0 Å². The quantitative estimate of drug-likeness (QED) is 0.728. The lowest BCUT2D eigenvalue weighted by Gasteiger charge is -2.38. The van der Waals surface area contributed by atoms with Gasteiger partial charge in [-0.3, -0.25) is 9.69 Å². The number of nitrogens with zero attached hydrogens (tertiary/aromatic N) is 4. The number of carbonyl (C=O) groups is 1. The SMILES string of the molecule is CNC(=O)C1CN(Cc2cc(F)cc(-c3ccc4ncnc(N)c4n3)c2)C1. The second-order valence-electron chi connectivity index (χ2n) is 6.68. The molecule has 1 saturated heterocycles. The Morgan fingerprint density at radius 3 is 2.89 bits per heavy atom. The topological polar surface area (TPSA) is 97.0 Å². The summed E-state index contributed by atoms with van der Waals surface area (Å²) in [6.45, 7) is 1.93. The van der Waals surface area contributed by atoms with Gasteiger partial charge < -0.3 is 11.1 Å². The Balaban J connectivity index is 1.58. The third-order valence-electron chi connectivity index (χ3n) is 4.74. The van der Waals surface area contributed by atoms with Gasteiger partial charge in [-0.1, -0.05) is 0 Å². The number of amides is 1. The Hall–Kier alpha value is -3.13. The van der Waals surface area contributed by atoms with Crippen LogP contribution in [0.2, 0.25) is 0 Å². The first kappa shape index (κ1) is 17.3. The van der Waals surface area contributed by atoms with Gasteiger partial charge in [0.15, 0.2) is 5.82 Å². The molecule has 1 amide bonds. The highest BCUT2D eigenvalue weighted by molar-refractivity contribution is 5.85. The first-order valence-corrected chi connectivity index (χ1v) is 8.64. The summed E-state index contributed by atoms with van der Waals surface area (Å²) in [7, 11) is 1.64. The van der Waals surface area contributed by atoms with Crippen molar-refractivity contribution in [3.63, 3.8) is 0 Å². The number of nitrogens with two attached hydrogens (primary N) is 1. The number of benzene rings is 1. The van der Waals surface area contributed by atoms with Gasteiger partial charge in [0.2, 0.25) is 5.91 Å². The molecule has 1 aliphatic rings. The third-order valence-corrected chi connectivity index (χ3v) is 4.74. The van der Waals surface area contributed by atoms with Crippen molar-refractivity contribution in [1.29, 1.82) is 0 Å². The monoisotopic (exact) mass is 366 g/mol. The molecule has 0 saturated carbocycles. The van der Waals surface area contributed by atoms with E-state index in [-0.39, 0.29) is 17.6 Å². The van der Waals surface area contributed by atoms with E-state index in [1.165, 1.54) is 18.5 Å². The number of aromatic nitrogens is 3. The number of pyridine rings is 1. The predicted octanol–water partition coefficient (Wildman–Crippen LogP) is 1.59. The average molecular weight is 366 g/mol. The van der Waals surface area contributed by atoms with E-state index in [1.54, 1.807) is 19.2 Å². The molecular formula is C19H19FN6O. The molecule has 3 heterocycles. The van der Waals surface area contributed by atoms with Gasteiger partial charge in [-0.15, -0.1) is 0 Å². The lowest BCUT2D eigenvalue weighted by atomic mass is 9.97. The fourth-order valence-electron chi connectivity index (χ4n) is 3.34. The van der Waals surface area contributed by atoms with E-state index < -0.39 is 0 Å². The minimum Gasteiger partial charge on any atom is -0.382 e. The number of carbonyl (C=O) groups excluding carboxylic acids is 1. The van der Waals surface area contributed by atoms with Gasteiger partial charge in [0.05, 0.1) is 17.1 Å². The number of anilines is 1. The molecule has 3 aromatic rings. The molecular weight excluding hydrogens is 347 g/mol. The van der Waals surface area contributed by atoms with Crippen molar-refractivity contribution in [3.8, 4) is 11.3 Å². The molecule has 7 nitrogen and oxygen atoms in total. The van der Waals surface area contributed by atoms with Crippen LogP contribution in [0.5, 0.6) is 0 Å². The van der Waals surface area contributed by atoms with Crippen LogP contribution < -0.4 is 11.1 Å². The van der Waals surface area contributed by atoms with Crippen molar-refractivity contribution in [2.45, 2.75) is 6.54 Å². The van der Waals surface area contributed by atoms with E-state index >= 15 is 0 Å². The molecule has 0 bridgehead atoms. The highest BCUT2D eigenvalue weighted by Gasteiger charge is 2.31. The summed E-state index contributed by atoms with van der Waals surface area (Å²) in [4.78, 5) is 26.3. The Kier molecular flexibility index (Phi) is 4.41. The van der Waals surface area contributed by atoms with Gasteiger partial charge in [0, 0.05) is 32.2 Å². The zero-order valence-electron chi connectivity index (χ0n) is 14.8. The molecule has 1 aromatic carbocycles. The number of hydrogen-bond donors (Lipinski definition) is 2. The number of hydrogen-bond acceptors (Lipinski definition) is 6. The number of likely N-dealkylation sites (tertiary alicyclic amines) is 1. The number of fused-ring (bicyclic) bond motifs is 1. The van der Waals surface area contributed by atoms with E-state index in [4.69, 9.17) is 5.73 Å². The second kappa shape index (κ2) is 6.88. The molecule has 0 radical (unpaired) electrons. The number of rotatable bonds is 4. The molecule has 1 aliphatic heterocycles. The standard InChI is InChI=1S/C19H19FN6O/c1-22-19(27)13-8-26(9-13)7-11-4-12(6-14(20)5-11)15-2-3-16-17(25-15)18(21)24-10-23-16/h2-6,10,13H,7-9H2,1H3,(H,22,27)(H2,21,23,24). The average Bonchev–Trinajstić information content (AvgIpc) is 2.63. The predicted molar refractivity (Wildman–Crippen MR) is 100.0 cm³/mol. The summed E-state index contributed by atoms with van der Waals surface area (Å²) in [5.41, 5.74) is 9.12. The fourth-order valence-corrected chi connectivity index (χ4v) is 3.34. The van der Waals surface area contributed by atoms with Crippen LogP contribution in [-0.4, -0.2) is 45.9 Å². The highest BCUT2D eigenvalue weighted by atomic mass is 19.1. The summed E-state index contributed by atoms with van der Waals surface area (Å²) in [6, 6.07) is 8.45. The second-order valence-corrected chi connectivity index (χ2v) is 6.68. The third kappa shape index (κ3) is 3.43. The summed E-state index contributed by atoms with van der Waals surface area (Å²) >= 11 is 0. The number of halogens is 1. The Morgan fingerprint density at radius 1 is 1.30 bits per heavy atom. The summed E-state index contributed by atoms with van der Waals surface area (Å²) in [5.74, 6) is 0.0175. The van der Waals surface area contributed by atoms with Crippen molar-refractivity contribution in [2.75, 3.05) is 25.9 Å². The number of nitrogens with one attached hydrogen (secondary N) is 1. The van der Waals surface area contributed by atoms with Crippen LogP contribution in [0.4, 0.5) is 10.2 Å². The molecule has 0 atom stereocenters. The van der Waals surface area contributed by atoms with E-state index in [0.29, 0.717) is 47.7 Å². The van der Waals surface area contributed by atoms with E-state index in [1.807, 2.05) is 6.07 Å². The minimum atomic E-state index is -0.329. The minimum absolute atomic E-state index is 0.00755. The maximum Gasteiger partial charge on any atom is 0.225 e. The lowest BCUT2D eigenvalue weighted by Crippen LogP contribution is -2.52. The van der Waals surface area contributed by atoms with Crippen LogP contribution in [-0.2, 0) is 11.3 Å². The van der Waals surface area contributed by atoms with Crippen molar-refractivity contribution in [3.05, 3.63) is 48.0 Å². The normalized spacial score (nSPS) is 14.9. The molecule has 3 N–H and O–H groups in total. The van der Waals surface area contributed by atoms with Gasteiger partial charge >= 0.3 is 0 Å². The van der Waals surface area contributed by atoms with Crippen molar-refractivity contribution in [1.82, 2.24) is 25.2 Å². The van der Waals surface area contributed by atoms with Crippen LogP contribution in [0.25, 0.3) is 22.3 Å². The summed E-state index contributed by atoms with van der Waals surface area (Å²) in [6.07, 6.45) is 1.39. The van der Waals surface area contributed by atoms with Gasteiger partial charge in [0.25, 0.3) is 0 Å². The smallest absolute Gasteiger partial charge is 0.225 e. The fraction of sp³-hybridized carbons (Fsp3) is 0.263. The van der Waals surface area contributed by atoms with Crippen molar-refractivity contribution < 1.29 is 9.18 Å². The Labute approximate surface area is 155 Å². The maximum absolute atomic E-state index is 14.2. The first-order chi connectivity index (χ1) is 13.0. The molecule has 27 heavy (non-hydrogen) atoms. The van der Waals surface area contributed by atoms with E-state index in [9.17, 15) is 9.18 Å². The summed E-state index contributed by atoms with van der Waals surface area (Å²) in [5, 5.41) is 2.66.